The van der Waals surface area contributed by atoms with Crippen molar-refractivity contribution < 1.29 is 42.4 Å². The van der Waals surface area contributed by atoms with E-state index in [0.717, 1.165) is 4.90 Å². The van der Waals surface area contributed by atoms with Gasteiger partial charge in [0.1, 0.15) is 22.6 Å². The molecule has 0 aromatic heterocycles. The van der Waals surface area contributed by atoms with Gasteiger partial charge in [-0.25, -0.2) is 19.2 Å². The summed E-state index contributed by atoms with van der Waals surface area (Å²) in [6, 6.07) is 5.27. The zero-order valence-electron chi connectivity index (χ0n) is 21.7. The Bertz CT molecular complexity index is 1090. The quantitative estimate of drug-likeness (QED) is 0.0846. The second-order valence-corrected chi connectivity index (χ2v) is 10.5. The van der Waals surface area contributed by atoms with Crippen molar-refractivity contribution in [3.8, 4) is 0 Å². The molecule has 1 aliphatic heterocycles. The molecule has 1 aromatic carbocycles. The average Bonchev–Trinajstić information content (AvgIpc) is 2.83. The summed E-state index contributed by atoms with van der Waals surface area (Å²) >= 11 is 0. The van der Waals surface area contributed by atoms with Crippen LogP contribution in [0.3, 0.4) is 0 Å². The molecule has 3 N–H and O–H groups in total. The summed E-state index contributed by atoms with van der Waals surface area (Å²) in [4.78, 5) is 65.2. The number of esters is 1. The summed E-state index contributed by atoms with van der Waals surface area (Å²) in [6.45, 7) is 11.9. The van der Waals surface area contributed by atoms with Crippen LogP contribution in [0.1, 0.15) is 46.3 Å². The van der Waals surface area contributed by atoms with Gasteiger partial charge in [-0.15, -0.1) is 4.83 Å². The molecule has 2 rings (SSSR count). The molecular formula is C24H32N4O9S. The second-order valence-electron chi connectivity index (χ2n) is 9.17. The Morgan fingerprint density at radius 1 is 1.21 bits per heavy atom. The molecule has 0 aliphatic carbocycles. The SMILES string of the molecule is C=C(C)C(C(=O)OC(C)(C)C)N1C(=O)C(NC(=O)C(OC=O)c2ccccc2)C1S(=O)NNC(=O)OCC. The van der Waals surface area contributed by atoms with E-state index in [2.05, 4.69) is 22.2 Å². The van der Waals surface area contributed by atoms with Crippen LogP contribution in [-0.4, -0.2) is 69.1 Å². The van der Waals surface area contributed by atoms with Crippen LogP contribution in [0.5, 0.6) is 0 Å². The zero-order valence-corrected chi connectivity index (χ0v) is 22.5. The van der Waals surface area contributed by atoms with Crippen molar-refractivity contribution in [3.63, 3.8) is 0 Å². The van der Waals surface area contributed by atoms with E-state index < -0.39 is 64.0 Å². The number of benzene rings is 1. The Labute approximate surface area is 222 Å². The number of hydrogen-bond acceptors (Lipinski definition) is 9. The normalized spacial score (nSPS) is 19.2. The Morgan fingerprint density at radius 2 is 1.84 bits per heavy atom. The van der Waals surface area contributed by atoms with Crippen molar-refractivity contribution in [2.45, 2.75) is 63.8 Å². The number of carbonyl (C=O) groups is 5. The van der Waals surface area contributed by atoms with E-state index in [1.165, 1.54) is 6.92 Å². The van der Waals surface area contributed by atoms with Crippen molar-refractivity contribution in [3.05, 3.63) is 48.0 Å². The molecule has 1 aliphatic rings. The average molecular weight is 553 g/mol. The third-order valence-corrected chi connectivity index (χ3v) is 6.27. The maximum absolute atomic E-state index is 13.3. The molecule has 0 radical (unpaired) electrons. The fraction of sp³-hybridized carbons (Fsp3) is 0.458. The van der Waals surface area contributed by atoms with Crippen LogP contribution in [0.4, 0.5) is 4.79 Å². The molecule has 14 heteroatoms. The van der Waals surface area contributed by atoms with Crippen molar-refractivity contribution in [1.82, 2.24) is 20.5 Å². The van der Waals surface area contributed by atoms with Crippen LogP contribution < -0.4 is 15.6 Å². The number of likely N-dealkylation sites (tertiary alicyclic amines) is 1. The molecule has 1 aromatic rings. The minimum Gasteiger partial charge on any atom is -0.458 e. The van der Waals surface area contributed by atoms with Crippen molar-refractivity contribution in [2.24, 2.45) is 0 Å². The zero-order chi connectivity index (χ0) is 28.6. The molecule has 13 nitrogen and oxygen atoms in total. The Morgan fingerprint density at radius 3 is 2.37 bits per heavy atom. The van der Waals surface area contributed by atoms with E-state index in [0.29, 0.717) is 5.56 Å². The number of β-lactam (4-membered cyclic amide) rings is 1. The summed E-state index contributed by atoms with van der Waals surface area (Å²) < 4.78 is 28.3. The first-order chi connectivity index (χ1) is 17.8. The standard InChI is InChI=1S/C24H32N4O9S/c1-7-35-23(33)26-27-38(34)21-16(25-19(30)18(36-13-29)15-11-9-8-10-12-15)20(31)28(21)17(14(2)3)22(32)37-24(4,5)6/h8-13,16-18,21,27H,2,7H2,1,3-6H3,(H,25,30)(H,26,33). The van der Waals surface area contributed by atoms with Gasteiger partial charge in [-0.3, -0.25) is 14.4 Å². The number of ether oxygens (including phenoxy) is 3. The van der Waals surface area contributed by atoms with Crippen LogP contribution in [0.25, 0.3) is 0 Å². The van der Waals surface area contributed by atoms with E-state index in [4.69, 9.17) is 14.2 Å². The number of nitrogens with one attached hydrogen (secondary N) is 3. The van der Waals surface area contributed by atoms with E-state index >= 15 is 0 Å². The summed E-state index contributed by atoms with van der Waals surface area (Å²) in [5.41, 5.74) is 1.71. The lowest BCUT2D eigenvalue weighted by atomic mass is 9.98. The highest BCUT2D eigenvalue weighted by Crippen LogP contribution is 2.30. The molecule has 0 spiro atoms. The van der Waals surface area contributed by atoms with Crippen molar-refractivity contribution in [2.75, 3.05) is 6.61 Å². The van der Waals surface area contributed by atoms with Gasteiger partial charge in [0, 0.05) is 5.56 Å². The molecule has 5 atom stereocenters. The highest BCUT2D eigenvalue weighted by Gasteiger charge is 2.57. The third-order valence-electron chi connectivity index (χ3n) is 5.03. The molecule has 0 saturated carbocycles. The lowest BCUT2D eigenvalue weighted by Crippen LogP contribution is -2.77. The van der Waals surface area contributed by atoms with Gasteiger partial charge in [0.2, 0.25) is 12.0 Å². The summed E-state index contributed by atoms with van der Waals surface area (Å²) in [5, 5.41) is 1.07. The van der Waals surface area contributed by atoms with Crippen molar-refractivity contribution >= 4 is 41.3 Å². The van der Waals surface area contributed by atoms with E-state index in [1.807, 2.05) is 0 Å². The number of carbonyl (C=O) groups excluding carboxylic acids is 5. The molecule has 5 unspecified atom stereocenters. The van der Waals surface area contributed by atoms with Gasteiger partial charge < -0.3 is 24.4 Å². The van der Waals surface area contributed by atoms with Crippen LogP contribution >= 0.6 is 0 Å². The van der Waals surface area contributed by atoms with Crippen molar-refractivity contribution in [1.29, 1.82) is 0 Å². The van der Waals surface area contributed by atoms with Gasteiger partial charge >= 0.3 is 12.1 Å². The first-order valence-corrected chi connectivity index (χ1v) is 12.8. The minimum atomic E-state index is -2.27. The predicted molar refractivity (Wildman–Crippen MR) is 135 cm³/mol. The van der Waals surface area contributed by atoms with Gasteiger partial charge in [-0.1, -0.05) is 36.9 Å². The molecule has 208 valence electrons. The first-order valence-electron chi connectivity index (χ1n) is 11.6. The van der Waals surface area contributed by atoms with E-state index in [-0.39, 0.29) is 18.7 Å². The van der Waals surface area contributed by atoms with Gasteiger partial charge in [0.05, 0.1) is 6.61 Å². The predicted octanol–water partition coefficient (Wildman–Crippen LogP) is 0.755. The number of rotatable bonds is 12. The number of nitrogens with zero attached hydrogens (tertiary/aromatic N) is 1. The third kappa shape index (κ3) is 7.61. The fourth-order valence-corrected chi connectivity index (χ4v) is 4.72. The lowest BCUT2D eigenvalue weighted by Gasteiger charge is -2.49. The summed E-state index contributed by atoms with van der Waals surface area (Å²) in [7, 11) is -2.27. The van der Waals surface area contributed by atoms with Gasteiger partial charge in [0.15, 0.2) is 11.4 Å². The van der Waals surface area contributed by atoms with Crippen LogP contribution in [0.2, 0.25) is 0 Å². The number of hydrazine groups is 1. The minimum absolute atomic E-state index is 0.0425. The van der Waals surface area contributed by atoms with Gasteiger partial charge in [-0.05, 0) is 40.2 Å². The Balaban J connectivity index is 2.37. The summed E-state index contributed by atoms with van der Waals surface area (Å²) in [5.74, 6) is -2.47. The van der Waals surface area contributed by atoms with E-state index in [1.54, 1.807) is 58.0 Å². The molecule has 0 bridgehead atoms. The van der Waals surface area contributed by atoms with Crippen LogP contribution in [0, 0.1) is 0 Å². The van der Waals surface area contributed by atoms with Crippen LogP contribution in [-0.2, 0) is 44.4 Å². The Hall–Kier alpha value is -3.78. The first kappa shape index (κ1) is 30.4. The van der Waals surface area contributed by atoms with Gasteiger partial charge in [0.25, 0.3) is 12.4 Å². The van der Waals surface area contributed by atoms with E-state index in [9.17, 15) is 28.2 Å². The summed E-state index contributed by atoms with van der Waals surface area (Å²) in [6.07, 6.45) is -2.34. The largest absolute Gasteiger partial charge is 0.458 e. The monoisotopic (exact) mass is 552 g/mol. The van der Waals surface area contributed by atoms with Gasteiger partial charge in [-0.2, -0.15) is 0 Å². The smallest absolute Gasteiger partial charge is 0.422 e. The maximum Gasteiger partial charge on any atom is 0.422 e. The number of hydrogen-bond donors (Lipinski definition) is 3. The fourth-order valence-electron chi connectivity index (χ4n) is 3.55. The Kier molecular flexibility index (Phi) is 10.5. The van der Waals surface area contributed by atoms with Crippen LogP contribution in [0.15, 0.2) is 42.5 Å². The highest BCUT2D eigenvalue weighted by molar-refractivity contribution is 7.83. The number of amides is 3. The molecule has 1 heterocycles. The molecule has 1 fully saturated rings. The molecule has 1 saturated heterocycles. The molecule has 3 amide bonds. The molecular weight excluding hydrogens is 520 g/mol. The second kappa shape index (κ2) is 13.1. The molecule has 38 heavy (non-hydrogen) atoms. The topological polar surface area (TPSA) is 169 Å². The highest BCUT2D eigenvalue weighted by atomic mass is 32.2. The lowest BCUT2D eigenvalue weighted by molar-refractivity contribution is -0.170. The maximum atomic E-state index is 13.3.